The van der Waals surface area contributed by atoms with Gasteiger partial charge in [-0.05, 0) is 64.2 Å². The molecule has 0 fully saturated rings. The molecule has 6 nitrogen and oxygen atoms in total. The van der Waals surface area contributed by atoms with Gasteiger partial charge in [0.05, 0.1) is 18.8 Å². The van der Waals surface area contributed by atoms with Gasteiger partial charge in [0.15, 0.2) is 0 Å². The summed E-state index contributed by atoms with van der Waals surface area (Å²) in [6.45, 7) is 4.01. The third-order valence-electron chi connectivity index (χ3n) is 9.31. The van der Waals surface area contributed by atoms with Gasteiger partial charge in [-0.1, -0.05) is 166 Å². The molecule has 48 heavy (non-hydrogen) atoms. The summed E-state index contributed by atoms with van der Waals surface area (Å²) in [5.41, 5.74) is 0. The van der Waals surface area contributed by atoms with Crippen molar-refractivity contribution < 1.29 is 25.2 Å². The molecule has 4 unspecified atom stereocenters. The lowest BCUT2D eigenvalue weighted by Gasteiger charge is -2.27. The molecule has 0 spiro atoms. The van der Waals surface area contributed by atoms with Crippen molar-refractivity contribution in [3.63, 3.8) is 0 Å². The second-order valence-corrected chi connectivity index (χ2v) is 14.0. The maximum Gasteiger partial charge on any atom is 0.249 e. The second kappa shape index (κ2) is 36.8. The first-order valence-corrected chi connectivity index (χ1v) is 20.4. The van der Waals surface area contributed by atoms with E-state index in [9.17, 15) is 25.2 Å². The van der Waals surface area contributed by atoms with Gasteiger partial charge >= 0.3 is 0 Å². The number of allylic oxidation sites excluding steroid dienone is 6. The molecule has 0 aromatic carbocycles. The fourth-order valence-electron chi connectivity index (χ4n) is 6.02. The Balaban J connectivity index is 3.86. The van der Waals surface area contributed by atoms with Crippen LogP contribution in [0.5, 0.6) is 0 Å². The summed E-state index contributed by atoms with van der Waals surface area (Å²) < 4.78 is 0. The minimum atomic E-state index is -1.29. The predicted octanol–water partition coefficient (Wildman–Crippen LogP) is 10.2. The first-order valence-electron chi connectivity index (χ1n) is 20.4. The lowest BCUT2D eigenvalue weighted by molar-refractivity contribution is -0.132. The van der Waals surface area contributed by atoms with Crippen LogP contribution in [0.2, 0.25) is 0 Å². The van der Waals surface area contributed by atoms with Crippen LogP contribution in [-0.2, 0) is 4.79 Å². The molecule has 5 N–H and O–H groups in total. The van der Waals surface area contributed by atoms with Crippen LogP contribution in [-0.4, -0.2) is 57.3 Å². The molecule has 0 saturated heterocycles. The number of unbranched alkanes of at least 4 members (excludes halogenated alkanes) is 21. The van der Waals surface area contributed by atoms with Crippen LogP contribution in [0.1, 0.15) is 194 Å². The zero-order valence-electron chi connectivity index (χ0n) is 31.5. The zero-order valence-corrected chi connectivity index (χ0v) is 31.5. The van der Waals surface area contributed by atoms with Crippen LogP contribution in [0.3, 0.4) is 0 Å². The highest BCUT2D eigenvalue weighted by Crippen LogP contribution is 2.14. The molecule has 0 bridgehead atoms. The van der Waals surface area contributed by atoms with Crippen molar-refractivity contribution in [2.75, 3.05) is 6.61 Å². The summed E-state index contributed by atoms with van der Waals surface area (Å²) >= 11 is 0. The Labute approximate surface area is 297 Å². The standard InChI is InChI=1S/C42H79NO5/c1-3-5-7-9-11-13-15-17-18-19-20-21-22-23-24-26-27-29-31-33-35-39(45)41(47)38(37-44)43-42(48)40(46)36-34-32-30-28-25-16-14-12-10-8-6-4-2/h18-19,22-23,27,29,38-41,44-47H,3-17,20-21,24-26,28,30-37H2,1-2H3,(H,43,48)/b19-18+,23-22+,29-27+. The molecule has 0 aromatic rings. The lowest BCUT2D eigenvalue weighted by Crippen LogP contribution is -2.53. The van der Waals surface area contributed by atoms with Crippen LogP contribution in [0.25, 0.3) is 0 Å². The van der Waals surface area contributed by atoms with E-state index in [0.29, 0.717) is 19.3 Å². The second-order valence-electron chi connectivity index (χ2n) is 14.0. The number of carbonyl (C=O) groups excluding carboxylic acids is 1. The highest BCUT2D eigenvalue weighted by atomic mass is 16.3. The Morgan fingerprint density at radius 1 is 0.500 bits per heavy atom. The van der Waals surface area contributed by atoms with Gasteiger partial charge in [-0.2, -0.15) is 0 Å². The van der Waals surface area contributed by atoms with Gasteiger partial charge in [0.2, 0.25) is 5.91 Å². The first kappa shape index (κ1) is 46.5. The molecule has 4 atom stereocenters. The Morgan fingerprint density at radius 3 is 1.31 bits per heavy atom. The largest absolute Gasteiger partial charge is 0.394 e. The molecule has 0 aliphatic carbocycles. The average molecular weight is 678 g/mol. The molecular weight excluding hydrogens is 598 g/mol. The van der Waals surface area contributed by atoms with Crippen LogP contribution >= 0.6 is 0 Å². The maximum atomic E-state index is 12.4. The van der Waals surface area contributed by atoms with E-state index in [2.05, 4.69) is 55.6 Å². The Kier molecular flexibility index (Phi) is 35.7. The molecular formula is C42H79NO5. The maximum absolute atomic E-state index is 12.4. The van der Waals surface area contributed by atoms with Crippen molar-refractivity contribution in [3.05, 3.63) is 36.5 Å². The third kappa shape index (κ3) is 30.6. The average Bonchev–Trinajstić information content (AvgIpc) is 3.09. The fraction of sp³-hybridized carbons (Fsp3) is 0.833. The molecule has 1 amide bonds. The van der Waals surface area contributed by atoms with E-state index < -0.39 is 36.9 Å². The molecule has 0 heterocycles. The first-order chi connectivity index (χ1) is 23.5. The van der Waals surface area contributed by atoms with E-state index in [1.54, 1.807) is 0 Å². The van der Waals surface area contributed by atoms with E-state index in [1.165, 1.54) is 109 Å². The minimum Gasteiger partial charge on any atom is -0.394 e. The topological polar surface area (TPSA) is 110 Å². The normalized spacial score (nSPS) is 14.7. The van der Waals surface area contributed by atoms with Gasteiger partial charge in [0, 0.05) is 0 Å². The Morgan fingerprint density at radius 2 is 0.875 bits per heavy atom. The molecule has 0 aliphatic heterocycles. The lowest BCUT2D eigenvalue weighted by atomic mass is 10.00. The molecule has 282 valence electrons. The number of amides is 1. The quantitative estimate of drug-likeness (QED) is 0.0335. The number of aliphatic hydroxyl groups excluding tert-OH is 4. The van der Waals surface area contributed by atoms with E-state index in [-0.39, 0.29) is 0 Å². The zero-order chi connectivity index (χ0) is 35.3. The molecule has 0 rings (SSSR count). The number of aliphatic hydroxyl groups is 4. The SMILES string of the molecule is CCCCCCCCC/C=C/CC/C=C/CC/C=C/CCCC(O)C(O)C(CO)NC(=O)C(O)CCCCCCCCCCCCCC. The number of hydrogen-bond donors (Lipinski definition) is 5. The number of rotatable bonds is 36. The summed E-state index contributed by atoms with van der Waals surface area (Å²) in [4.78, 5) is 12.4. The van der Waals surface area contributed by atoms with Crippen LogP contribution in [0, 0.1) is 0 Å². The van der Waals surface area contributed by atoms with Gasteiger partial charge < -0.3 is 25.7 Å². The fourth-order valence-corrected chi connectivity index (χ4v) is 6.02. The summed E-state index contributed by atoms with van der Waals surface area (Å²) in [5, 5.41) is 43.5. The minimum absolute atomic E-state index is 0.360. The molecule has 0 aliphatic rings. The number of hydrogen-bond acceptors (Lipinski definition) is 5. The van der Waals surface area contributed by atoms with Crippen LogP contribution in [0.15, 0.2) is 36.5 Å². The van der Waals surface area contributed by atoms with Crippen molar-refractivity contribution in [1.29, 1.82) is 0 Å². The van der Waals surface area contributed by atoms with Crippen molar-refractivity contribution in [1.82, 2.24) is 5.32 Å². The van der Waals surface area contributed by atoms with Crippen LogP contribution < -0.4 is 5.32 Å². The van der Waals surface area contributed by atoms with E-state index in [1.807, 2.05) is 0 Å². The Bertz CT molecular complexity index is 767. The third-order valence-corrected chi connectivity index (χ3v) is 9.31. The summed E-state index contributed by atoms with van der Waals surface area (Å²) in [7, 11) is 0. The van der Waals surface area contributed by atoms with E-state index in [4.69, 9.17) is 0 Å². The van der Waals surface area contributed by atoms with Gasteiger partial charge in [0.25, 0.3) is 0 Å². The number of nitrogens with one attached hydrogen (secondary N) is 1. The predicted molar refractivity (Wildman–Crippen MR) is 205 cm³/mol. The Hall–Kier alpha value is -1.47. The van der Waals surface area contributed by atoms with Gasteiger partial charge in [-0.25, -0.2) is 0 Å². The van der Waals surface area contributed by atoms with Gasteiger partial charge in [0.1, 0.15) is 12.2 Å². The smallest absolute Gasteiger partial charge is 0.249 e. The summed E-state index contributed by atoms with van der Waals surface area (Å²) in [6, 6.07) is -1.01. The van der Waals surface area contributed by atoms with Gasteiger partial charge in [-0.15, -0.1) is 0 Å². The highest BCUT2D eigenvalue weighted by molar-refractivity contribution is 5.80. The summed E-state index contributed by atoms with van der Waals surface area (Å²) in [5.74, 6) is -0.601. The van der Waals surface area contributed by atoms with E-state index >= 15 is 0 Å². The molecule has 0 aromatic heterocycles. The molecule has 0 radical (unpaired) electrons. The van der Waals surface area contributed by atoms with Crippen molar-refractivity contribution in [2.45, 2.75) is 218 Å². The highest BCUT2D eigenvalue weighted by Gasteiger charge is 2.28. The van der Waals surface area contributed by atoms with Crippen molar-refractivity contribution in [3.8, 4) is 0 Å². The molecule has 0 saturated carbocycles. The summed E-state index contributed by atoms with van der Waals surface area (Å²) in [6.07, 6.45) is 41.7. The monoisotopic (exact) mass is 678 g/mol. The molecule has 6 heteroatoms. The van der Waals surface area contributed by atoms with Crippen molar-refractivity contribution in [2.24, 2.45) is 0 Å². The van der Waals surface area contributed by atoms with Gasteiger partial charge in [-0.3, -0.25) is 4.79 Å². The van der Waals surface area contributed by atoms with E-state index in [0.717, 1.165) is 51.4 Å². The van der Waals surface area contributed by atoms with Crippen LogP contribution in [0.4, 0.5) is 0 Å². The van der Waals surface area contributed by atoms with Crippen molar-refractivity contribution >= 4 is 5.91 Å². The number of carbonyl (C=O) groups is 1.